The molecule has 1 aromatic rings. The van der Waals surface area contributed by atoms with Crippen molar-refractivity contribution in [3.63, 3.8) is 0 Å². The zero-order chi connectivity index (χ0) is 18.2. The van der Waals surface area contributed by atoms with Crippen molar-refractivity contribution < 1.29 is 33.4 Å². The Morgan fingerprint density at radius 1 is 1.33 bits per heavy atom. The molecule has 8 heteroatoms. The minimum Gasteiger partial charge on any atom is -0.510 e. The number of aliphatic hydroxyl groups is 1. The van der Waals surface area contributed by atoms with Crippen molar-refractivity contribution >= 4 is 17.5 Å². The highest BCUT2D eigenvalue weighted by Gasteiger charge is 2.46. The van der Waals surface area contributed by atoms with Crippen LogP contribution < -0.4 is 0 Å². The molecule has 1 aliphatic carbocycles. The van der Waals surface area contributed by atoms with E-state index in [0.717, 1.165) is 12.1 Å². The molecule has 0 amide bonds. The lowest BCUT2D eigenvalue weighted by Gasteiger charge is -2.29. The van der Waals surface area contributed by atoms with Gasteiger partial charge in [0, 0.05) is 17.7 Å². The third-order valence-corrected chi connectivity index (χ3v) is 4.16. The average Bonchev–Trinajstić information content (AvgIpc) is 2.50. The van der Waals surface area contributed by atoms with E-state index in [-0.39, 0.29) is 24.1 Å². The number of pyridine rings is 1. The zero-order valence-electron chi connectivity index (χ0n) is 13.0. The van der Waals surface area contributed by atoms with Crippen molar-refractivity contribution in [3.8, 4) is 0 Å². The Morgan fingerprint density at radius 2 is 1.96 bits per heavy atom. The van der Waals surface area contributed by atoms with Crippen LogP contribution >= 0.6 is 0 Å². The Kier molecular flexibility index (Phi) is 4.50. The normalized spacial score (nSPS) is 21.3. The molecule has 24 heavy (non-hydrogen) atoms. The van der Waals surface area contributed by atoms with E-state index in [9.17, 15) is 33.4 Å². The number of hydrogen-bond acceptors (Lipinski definition) is 5. The highest BCUT2D eigenvalue weighted by molar-refractivity contribution is 6.27. The molecule has 0 saturated heterocycles. The number of nitrogens with zero attached hydrogens (tertiary/aromatic N) is 1. The quantitative estimate of drug-likeness (QED) is 0.645. The fraction of sp³-hybridized carbons (Fsp3) is 0.375. The van der Waals surface area contributed by atoms with Gasteiger partial charge in [0.05, 0.1) is 0 Å². The molecule has 1 atom stereocenters. The predicted molar refractivity (Wildman–Crippen MR) is 77.9 cm³/mol. The number of Topliss-reactive ketones (excluding diaryl/α,β-unsaturated/α-hetero) is 2. The van der Waals surface area contributed by atoms with Crippen LogP contribution in [0.4, 0.5) is 8.78 Å². The van der Waals surface area contributed by atoms with E-state index >= 15 is 0 Å². The molecule has 2 N–H and O–H groups in total. The van der Waals surface area contributed by atoms with Crippen LogP contribution in [-0.4, -0.2) is 32.7 Å². The number of aliphatic hydroxyl groups excluding tert-OH is 1. The molecule has 6 nitrogen and oxygen atoms in total. The second kappa shape index (κ2) is 6.10. The summed E-state index contributed by atoms with van der Waals surface area (Å²) in [4.78, 5) is 39.6. The number of aliphatic carboxylic acids is 1. The molecule has 0 fully saturated rings. The topological polar surface area (TPSA) is 105 Å². The van der Waals surface area contributed by atoms with Crippen molar-refractivity contribution in [1.82, 2.24) is 4.98 Å². The first-order valence-corrected chi connectivity index (χ1v) is 7.10. The number of ketones is 2. The SMILES string of the molecule is Cc1nc(C(F)F)ccc1C(=O)C1=C(O)C(C)(C(=O)O)CCC1=O. The lowest BCUT2D eigenvalue weighted by molar-refractivity contribution is -0.148. The smallest absolute Gasteiger partial charge is 0.317 e. The Bertz CT molecular complexity index is 772. The van der Waals surface area contributed by atoms with Crippen molar-refractivity contribution in [1.29, 1.82) is 0 Å². The highest BCUT2D eigenvalue weighted by atomic mass is 19.3. The van der Waals surface area contributed by atoms with Crippen molar-refractivity contribution in [2.45, 2.75) is 33.1 Å². The summed E-state index contributed by atoms with van der Waals surface area (Å²) < 4.78 is 25.3. The molecule has 0 aromatic carbocycles. The number of carbonyl (C=O) groups excluding carboxylic acids is 2. The molecule has 0 spiro atoms. The number of aryl methyl sites for hydroxylation is 1. The van der Waals surface area contributed by atoms with E-state index in [2.05, 4.69) is 4.98 Å². The molecule has 2 rings (SSSR count). The number of aromatic nitrogens is 1. The lowest BCUT2D eigenvalue weighted by atomic mass is 9.74. The van der Waals surface area contributed by atoms with E-state index in [4.69, 9.17) is 0 Å². The Balaban J connectivity index is 2.55. The van der Waals surface area contributed by atoms with Gasteiger partial charge in [0.2, 0.25) is 5.78 Å². The summed E-state index contributed by atoms with van der Waals surface area (Å²) in [7, 11) is 0. The fourth-order valence-electron chi connectivity index (χ4n) is 2.53. The first-order chi connectivity index (χ1) is 11.1. The number of allylic oxidation sites excluding steroid dienone is 1. The molecule has 0 saturated carbocycles. The molecule has 0 radical (unpaired) electrons. The van der Waals surface area contributed by atoms with E-state index in [1.165, 1.54) is 13.8 Å². The van der Waals surface area contributed by atoms with Crippen LogP contribution in [0.5, 0.6) is 0 Å². The summed E-state index contributed by atoms with van der Waals surface area (Å²) in [6, 6.07) is 2.04. The largest absolute Gasteiger partial charge is 0.510 e. The molecule has 1 aliphatic rings. The van der Waals surface area contributed by atoms with Gasteiger partial charge < -0.3 is 10.2 Å². The summed E-state index contributed by atoms with van der Waals surface area (Å²) in [6.07, 6.45) is -3.16. The first-order valence-electron chi connectivity index (χ1n) is 7.10. The third-order valence-electron chi connectivity index (χ3n) is 4.16. The second-order valence-electron chi connectivity index (χ2n) is 5.78. The fourth-order valence-corrected chi connectivity index (χ4v) is 2.53. The summed E-state index contributed by atoms with van der Waals surface area (Å²) >= 11 is 0. The van der Waals surface area contributed by atoms with Gasteiger partial charge in [-0.05, 0) is 32.4 Å². The lowest BCUT2D eigenvalue weighted by Crippen LogP contribution is -2.37. The Hall–Kier alpha value is -2.64. The van der Waals surface area contributed by atoms with Gasteiger partial charge >= 0.3 is 5.97 Å². The Labute approximate surface area is 135 Å². The molecule has 1 unspecified atom stereocenters. The van der Waals surface area contributed by atoms with E-state index in [0.29, 0.717) is 0 Å². The van der Waals surface area contributed by atoms with Gasteiger partial charge in [-0.15, -0.1) is 0 Å². The first kappa shape index (κ1) is 17.7. The maximum absolute atomic E-state index is 12.6. The minimum atomic E-state index is -2.81. The number of halogens is 2. The number of alkyl halides is 2. The van der Waals surface area contributed by atoms with Crippen LogP contribution in [0.3, 0.4) is 0 Å². The van der Waals surface area contributed by atoms with E-state index in [1.807, 2.05) is 0 Å². The molecular weight excluding hydrogens is 324 g/mol. The molecule has 0 aliphatic heterocycles. The molecule has 0 bridgehead atoms. The van der Waals surface area contributed by atoms with Gasteiger partial charge in [0.1, 0.15) is 22.4 Å². The predicted octanol–water partition coefficient (Wildman–Crippen LogP) is 2.78. The molecule has 1 aromatic heterocycles. The van der Waals surface area contributed by atoms with E-state index in [1.54, 1.807) is 0 Å². The maximum Gasteiger partial charge on any atom is 0.317 e. The molecule has 1 heterocycles. The summed E-state index contributed by atoms with van der Waals surface area (Å²) in [5.74, 6) is -3.78. The zero-order valence-corrected chi connectivity index (χ0v) is 13.0. The number of carboxylic acid groups (broad SMARTS) is 1. The molecule has 128 valence electrons. The van der Waals surface area contributed by atoms with Crippen molar-refractivity contribution in [2.24, 2.45) is 5.41 Å². The summed E-state index contributed by atoms with van der Waals surface area (Å²) in [5.41, 5.74) is -3.06. The standard InChI is InChI=1S/C16H15F2NO5/c1-7-8(3-4-9(19-7)14(17)18)12(21)11-10(20)5-6-16(2,13(11)22)15(23)24/h3-4,14,22H,5-6H2,1-2H3,(H,23,24). The van der Waals surface area contributed by atoms with Crippen molar-refractivity contribution in [2.75, 3.05) is 0 Å². The number of carbonyl (C=O) groups is 3. The van der Waals surface area contributed by atoms with Gasteiger partial charge in [-0.1, -0.05) is 0 Å². The van der Waals surface area contributed by atoms with Crippen LogP contribution in [-0.2, 0) is 9.59 Å². The van der Waals surface area contributed by atoms with Gasteiger partial charge in [-0.2, -0.15) is 0 Å². The van der Waals surface area contributed by atoms with Crippen LogP contribution in [0, 0.1) is 12.3 Å². The number of carboxylic acids is 1. The van der Waals surface area contributed by atoms with Crippen molar-refractivity contribution in [3.05, 3.63) is 40.4 Å². The average molecular weight is 339 g/mol. The van der Waals surface area contributed by atoms with Gasteiger partial charge in [-0.3, -0.25) is 19.4 Å². The van der Waals surface area contributed by atoms with Gasteiger partial charge in [0.25, 0.3) is 6.43 Å². The van der Waals surface area contributed by atoms with Gasteiger partial charge in [-0.25, -0.2) is 8.78 Å². The third kappa shape index (κ3) is 2.79. The Morgan fingerprint density at radius 3 is 2.46 bits per heavy atom. The highest BCUT2D eigenvalue weighted by Crippen LogP contribution is 2.39. The van der Waals surface area contributed by atoms with Gasteiger partial charge in [0.15, 0.2) is 5.78 Å². The second-order valence-corrected chi connectivity index (χ2v) is 5.78. The van der Waals surface area contributed by atoms with Crippen LogP contribution in [0.15, 0.2) is 23.5 Å². The summed E-state index contributed by atoms with van der Waals surface area (Å²) in [5, 5.41) is 19.5. The summed E-state index contributed by atoms with van der Waals surface area (Å²) in [6.45, 7) is 2.54. The van der Waals surface area contributed by atoms with E-state index < -0.39 is 46.4 Å². The number of rotatable bonds is 4. The molecular formula is C16H15F2NO5. The monoisotopic (exact) mass is 339 g/mol. The maximum atomic E-state index is 12.6. The number of hydrogen-bond donors (Lipinski definition) is 2. The minimum absolute atomic E-state index is 0.0338. The van der Waals surface area contributed by atoms with Crippen LogP contribution in [0.2, 0.25) is 0 Å². The van der Waals surface area contributed by atoms with Crippen LogP contribution in [0.1, 0.15) is 47.9 Å². The van der Waals surface area contributed by atoms with Crippen LogP contribution in [0.25, 0.3) is 0 Å².